The second kappa shape index (κ2) is 12.6. The Hall–Kier alpha value is -4.40. The number of aryl methyl sites for hydroxylation is 1. The Bertz CT molecular complexity index is 1570. The highest BCUT2D eigenvalue weighted by atomic mass is 32.2. The number of nitrogens with zero attached hydrogens (tertiary/aromatic N) is 6. The number of nitriles is 1. The van der Waals surface area contributed by atoms with E-state index < -0.39 is 47.3 Å². The van der Waals surface area contributed by atoms with Crippen LogP contribution in [0.25, 0.3) is 0 Å². The SMILES string of the molecule is Cn1nnnc1SCC1=C(C(=O)O)N2C(=O)[C@H](NC(=O)C(NC(=O)NC(C#N)c3ccccc3)c3cccs3)C2SC1. The Morgan fingerprint density at radius 3 is 2.64 bits per heavy atom. The molecule has 3 unspecified atom stereocenters. The molecule has 3 aromatic rings. The summed E-state index contributed by atoms with van der Waals surface area (Å²) in [5, 5.41) is 40.2. The summed E-state index contributed by atoms with van der Waals surface area (Å²) in [5.41, 5.74) is 0.998. The summed E-state index contributed by atoms with van der Waals surface area (Å²) in [5.74, 6) is -1.86. The van der Waals surface area contributed by atoms with Gasteiger partial charge in [0.1, 0.15) is 29.2 Å². The molecule has 42 heavy (non-hydrogen) atoms. The average molecular weight is 626 g/mol. The van der Waals surface area contributed by atoms with Crippen LogP contribution < -0.4 is 16.0 Å². The highest BCUT2D eigenvalue weighted by molar-refractivity contribution is 8.01. The number of aromatic nitrogens is 4. The molecular formula is C25H23N9O5S3. The molecule has 5 rings (SSSR count). The third kappa shape index (κ3) is 5.95. The Labute approximate surface area is 251 Å². The number of benzene rings is 1. The molecule has 2 aliphatic rings. The molecule has 216 valence electrons. The first-order valence-corrected chi connectivity index (χ1v) is 15.3. The maximum atomic E-state index is 13.4. The topological polar surface area (TPSA) is 195 Å². The number of fused-ring (bicyclic) bond motifs is 1. The van der Waals surface area contributed by atoms with Crippen LogP contribution in [0.15, 0.2) is 64.3 Å². The summed E-state index contributed by atoms with van der Waals surface area (Å²) in [7, 11) is 1.67. The molecule has 0 bridgehead atoms. The van der Waals surface area contributed by atoms with Gasteiger partial charge in [0.15, 0.2) is 0 Å². The van der Waals surface area contributed by atoms with Crippen molar-refractivity contribution in [2.24, 2.45) is 7.05 Å². The molecule has 0 spiro atoms. The lowest BCUT2D eigenvalue weighted by molar-refractivity contribution is -0.150. The van der Waals surface area contributed by atoms with Crippen LogP contribution in [-0.2, 0) is 21.4 Å². The Morgan fingerprint density at radius 1 is 1.21 bits per heavy atom. The van der Waals surface area contributed by atoms with Gasteiger partial charge >= 0.3 is 12.0 Å². The van der Waals surface area contributed by atoms with Gasteiger partial charge in [-0.25, -0.2) is 14.3 Å². The molecule has 1 saturated heterocycles. The number of rotatable bonds is 10. The second-order valence-electron chi connectivity index (χ2n) is 9.07. The van der Waals surface area contributed by atoms with Crippen molar-refractivity contribution < 1.29 is 24.3 Å². The van der Waals surface area contributed by atoms with E-state index in [0.717, 1.165) is 0 Å². The third-order valence-electron chi connectivity index (χ3n) is 6.41. The minimum absolute atomic E-state index is 0.118. The maximum Gasteiger partial charge on any atom is 0.352 e. The smallest absolute Gasteiger partial charge is 0.352 e. The van der Waals surface area contributed by atoms with Gasteiger partial charge in [-0.3, -0.25) is 14.5 Å². The summed E-state index contributed by atoms with van der Waals surface area (Å²) < 4.78 is 1.46. The molecule has 0 radical (unpaired) electrons. The third-order valence-corrected chi connectivity index (χ3v) is 9.78. The molecule has 14 nitrogen and oxygen atoms in total. The molecule has 1 fully saturated rings. The first-order chi connectivity index (χ1) is 20.3. The van der Waals surface area contributed by atoms with Crippen LogP contribution in [0.2, 0.25) is 0 Å². The summed E-state index contributed by atoms with van der Waals surface area (Å²) in [6.07, 6.45) is 0. The van der Waals surface area contributed by atoms with E-state index in [0.29, 0.717) is 26.9 Å². The Morgan fingerprint density at radius 2 is 2.00 bits per heavy atom. The van der Waals surface area contributed by atoms with Crippen LogP contribution in [0.3, 0.4) is 0 Å². The minimum atomic E-state index is -1.25. The van der Waals surface area contributed by atoms with E-state index >= 15 is 0 Å². The van der Waals surface area contributed by atoms with Crippen molar-refractivity contribution in [3.63, 3.8) is 0 Å². The molecule has 0 saturated carbocycles. The van der Waals surface area contributed by atoms with Gasteiger partial charge in [-0.15, -0.1) is 28.2 Å². The molecule has 2 aliphatic heterocycles. The number of carbonyl (C=O) groups is 4. The van der Waals surface area contributed by atoms with Crippen LogP contribution >= 0.6 is 34.9 Å². The van der Waals surface area contributed by atoms with Gasteiger partial charge in [0, 0.05) is 23.4 Å². The lowest BCUT2D eigenvalue weighted by atomic mass is 10.0. The van der Waals surface area contributed by atoms with E-state index in [1.807, 2.05) is 6.07 Å². The predicted octanol–water partition coefficient (Wildman–Crippen LogP) is 1.41. The van der Waals surface area contributed by atoms with Gasteiger partial charge in [0.25, 0.3) is 5.91 Å². The van der Waals surface area contributed by atoms with Gasteiger partial charge in [-0.05, 0) is 33.0 Å². The number of thioether (sulfide) groups is 2. The summed E-state index contributed by atoms with van der Waals surface area (Å²) in [4.78, 5) is 53.3. The molecule has 0 aliphatic carbocycles. The fourth-order valence-corrected chi connectivity index (χ4v) is 7.50. The number of carboxylic acids is 1. The average Bonchev–Trinajstić information content (AvgIpc) is 3.68. The lowest BCUT2D eigenvalue weighted by Gasteiger charge is -2.49. The number of β-lactam (4-membered cyclic amide) rings is 1. The molecule has 4 heterocycles. The highest BCUT2D eigenvalue weighted by Gasteiger charge is 2.54. The summed E-state index contributed by atoms with van der Waals surface area (Å²) in [6.45, 7) is 0. The second-order valence-corrected chi connectivity index (χ2v) is 12.1. The molecule has 4 N–H and O–H groups in total. The number of hydrogen-bond acceptors (Lipinski definition) is 11. The van der Waals surface area contributed by atoms with Crippen molar-refractivity contribution >= 4 is 58.7 Å². The largest absolute Gasteiger partial charge is 0.477 e. The zero-order valence-corrected chi connectivity index (χ0v) is 24.3. The molecule has 4 amide bonds. The molecule has 4 atom stereocenters. The first-order valence-electron chi connectivity index (χ1n) is 12.4. The van der Waals surface area contributed by atoms with Crippen molar-refractivity contribution in [1.82, 2.24) is 41.1 Å². The number of aliphatic carboxylic acids is 1. The minimum Gasteiger partial charge on any atom is -0.477 e. The van der Waals surface area contributed by atoms with Crippen molar-refractivity contribution in [3.05, 3.63) is 69.6 Å². The highest BCUT2D eigenvalue weighted by Crippen LogP contribution is 2.41. The van der Waals surface area contributed by atoms with Crippen molar-refractivity contribution in [2.45, 2.75) is 28.7 Å². The summed E-state index contributed by atoms with van der Waals surface area (Å²) >= 11 is 3.82. The normalized spacial score (nSPS) is 19.1. The van der Waals surface area contributed by atoms with Gasteiger partial charge in [-0.1, -0.05) is 48.2 Å². The van der Waals surface area contributed by atoms with Gasteiger partial charge in [0.05, 0.1) is 6.07 Å². The van der Waals surface area contributed by atoms with E-state index in [4.69, 9.17) is 0 Å². The van der Waals surface area contributed by atoms with Crippen molar-refractivity contribution in [1.29, 1.82) is 5.26 Å². The van der Waals surface area contributed by atoms with Gasteiger partial charge < -0.3 is 21.1 Å². The Balaban J connectivity index is 1.27. The zero-order chi connectivity index (χ0) is 29.8. The number of amides is 4. The standard InChI is InChI=1S/C25H23N9O5S3/c1-33-25(30-31-32-33)42-12-14-11-41-22-18(21(36)34(22)19(14)23(37)38)28-20(35)17(16-8-5-9-40-16)29-24(39)27-15(10-26)13-6-3-2-4-7-13/h2-9,15,17-18,22H,11-12H2,1H3,(H,28,35)(H,37,38)(H2,27,29,39)/t15?,17?,18-,22?/m0/s1. The van der Waals surface area contributed by atoms with E-state index in [1.165, 1.54) is 44.4 Å². The quantitative estimate of drug-likeness (QED) is 0.188. The van der Waals surface area contributed by atoms with Crippen LogP contribution in [0.1, 0.15) is 22.5 Å². The number of nitrogens with one attached hydrogen (secondary N) is 3. The number of hydrogen-bond donors (Lipinski definition) is 4. The van der Waals surface area contributed by atoms with E-state index in [-0.39, 0.29) is 11.4 Å². The molecule has 17 heteroatoms. The number of tetrazole rings is 1. The monoisotopic (exact) mass is 625 g/mol. The number of urea groups is 1. The number of carbonyl (C=O) groups excluding carboxylic acids is 3. The fraction of sp³-hybridized carbons (Fsp3) is 0.280. The van der Waals surface area contributed by atoms with Crippen molar-refractivity contribution in [3.8, 4) is 6.07 Å². The van der Waals surface area contributed by atoms with Crippen LogP contribution in [0.4, 0.5) is 4.79 Å². The maximum absolute atomic E-state index is 13.4. The Kier molecular flexibility index (Phi) is 8.75. The molecular weight excluding hydrogens is 603 g/mol. The zero-order valence-electron chi connectivity index (χ0n) is 21.8. The van der Waals surface area contributed by atoms with Gasteiger partial charge in [-0.2, -0.15) is 5.26 Å². The number of thiophene rings is 1. The summed E-state index contributed by atoms with van der Waals surface area (Å²) in [6, 6.07) is 10.2. The van der Waals surface area contributed by atoms with E-state index in [2.05, 4.69) is 31.5 Å². The first kappa shape index (κ1) is 29.1. The van der Waals surface area contributed by atoms with Gasteiger partial charge in [0.2, 0.25) is 11.1 Å². The van der Waals surface area contributed by atoms with Crippen LogP contribution in [0.5, 0.6) is 0 Å². The molecule has 2 aromatic heterocycles. The van der Waals surface area contributed by atoms with Crippen molar-refractivity contribution in [2.75, 3.05) is 11.5 Å². The lowest BCUT2D eigenvalue weighted by Crippen LogP contribution is -2.71. The predicted molar refractivity (Wildman–Crippen MR) is 153 cm³/mol. The van der Waals surface area contributed by atoms with E-state index in [1.54, 1.807) is 54.9 Å². The van der Waals surface area contributed by atoms with Crippen LogP contribution in [0, 0.1) is 11.3 Å². The molecule has 1 aromatic carbocycles. The van der Waals surface area contributed by atoms with Crippen LogP contribution in [-0.4, -0.2) is 76.9 Å². The fourth-order valence-electron chi connectivity index (χ4n) is 4.39. The number of carboxylic acid groups (broad SMARTS) is 1. The van der Waals surface area contributed by atoms with E-state index in [9.17, 15) is 29.5 Å².